The number of rotatable bonds is 5. The van der Waals surface area contributed by atoms with Crippen molar-refractivity contribution in [3.8, 4) is 0 Å². The topological polar surface area (TPSA) is 45.2 Å². The van der Waals surface area contributed by atoms with Gasteiger partial charge in [0.05, 0.1) is 10.6 Å². The number of amides is 1. The fraction of sp³-hybridized carbons (Fsp3) is 0.412. The van der Waals surface area contributed by atoms with Gasteiger partial charge in [-0.1, -0.05) is 11.6 Å². The number of nitrogens with one attached hydrogen (secondary N) is 1. The minimum atomic E-state index is -0.0966. The highest BCUT2D eigenvalue weighted by atomic mass is 35.5. The first-order chi connectivity index (χ1) is 11.2. The number of likely N-dealkylation sites (tertiary alicyclic amines) is 1. The molecule has 1 fully saturated rings. The second-order valence-corrected chi connectivity index (χ2v) is 7.17. The summed E-state index contributed by atoms with van der Waals surface area (Å²) in [6.45, 7) is 3.94. The van der Waals surface area contributed by atoms with Crippen molar-refractivity contribution in [1.82, 2.24) is 15.2 Å². The highest BCUT2D eigenvalue weighted by Crippen LogP contribution is 2.19. The fourth-order valence-electron chi connectivity index (χ4n) is 2.86. The number of thiophene rings is 1. The van der Waals surface area contributed by atoms with Crippen LogP contribution < -0.4 is 5.32 Å². The van der Waals surface area contributed by atoms with E-state index in [2.05, 4.69) is 32.0 Å². The number of aromatic nitrogens is 1. The summed E-state index contributed by atoms with van der Waals surface area (Å²) in [5.74, 6) is 0.450. The molecule has 0 aromatic carbocycles. The summed E-state index contributed by atoms with van der Waals surface area (Å²) in [6.07, 6.45) is 5.32. The number of hydrogen-bond donors (Lipinski definition) is 1. The molecule has 0 saturated carbocycles. The Morgan fingerprint density at radius 1 is 1.39 bits per heavy atom. The van der Waals surface area contributed by atoms with Crippen molar-refractivity contribution in [2.24, 2.45) is 5.92 Å². The highest BCUT2D eigenvalue weighted by Gasteiger charge is 2.20. The van der Waals surface area contributed by atoms with E-state index in [9.17, 15) is 4.79 Å². The van der Waals surface area contributed by atoms with E-state index >= 15 is 0 Å². The molecular formula is C17H20ClN3OS. The minimum absolute atomic E-state index is 0.0966. The molecule has 0 bridgehead atoms. The minimum Gasteiger partial charge on any atom is -0.352 e. The maximum absolute atomic E-state index is 12.1. The number of nitrogens with zero attached hydrogens (tertiary/aromatic N) is 2. The van der Waals surface area contributed by atoms with Gasteiger partial charge >= 0.3 is 0 Å². The van der Waals surface area contributed by atoms with Crippen molar-refractivity contribution in [2.75, 3.05) is 19.6 Å². The molecule has 0 unspecified atom stereocenters. The van der Waals surface area contributed by atoms with Gasteiger partial charge in [0.2, 0.25) is 0 Å². The molecule has 6 heteroatoms. The van der Waals surface area contributed by atoms with Crippen molar-refractivity contribution in [3.05, 3.63) is 51.4 Å². The molecule has 0 radical (unpaired) electrons. The lowest BCUT2D eigenvalue weighted by atomic mass is 9.96. The molecule has 3 rings (SSSR count). The van der Waals surface area contributed by atoms with Gasteiger partial charge in [0, 0.05) is 25.5 Å². The summed E-state index contributed by atoms with van der Waals surface area (Å²) < 4.78 is 0. The van der Waals surface area contributed by atoms with Gasteiger partial charge in [-0.3, -0.25) is 14.7 Å². The molecule has 1 amide bonds. The molecule has 1 N–H and O–H groups in total. The third-order valence-corrected chi connectivity index (χ3v) is 5.15. The van der Waals surface area contributed by atoms with E-state index in [4.69, 9.17) is 11.6 Å². The molecule has 2 aromatic heterocycles. The number of hydrogen-bond acceptors (Lipinski definition) is 4. The van der Waals surface area contributed by atoms with Gasteiger partial charge < -0.3 is 5.32 Å². The Morgan fingerprint density at radius 2 is 2.22 bits per heavy atom. The Labute approximate surface area is 145 Å². The van der Waals surface area contributed by atoms with Crippen molar-refractivity contribution in [2.45, 2.75) is 19.4 Å². The van der Waals surface area contributed by atoms with Crippen molar-refractivity contribution >= 4 is 28.8 Å². The number of halogens is 1. The first-order valence-electron chi connectivity index (χ1n) is 7.83. The van der Waals surface area contributed by atoms with E-state index in [0.29, 0.717) is 16.5 Å². The van der Waals surface area contributed by atoms with Crippen LogP contribution in [0.1, 0.15) is 28.8 Å². The van der Waals surface area contributed by atoms with Crippen LogP contribution >= 0.6 is 22.9 Å². The lowest BCUT2D eigenvalue weighted by Gasteiger charge is -2.31. The lowest BCUT2D eigenvalue weighted by Crippen LogP contribution is -2.38. The summed E-state index contributed by atoms with van der Waals surface area (Å²) in [5.41, 5.74) is 1.92. The highest BCUT2D eigenvalue weighted by molar-refractivity contribution is 7.07. The molecule has 1 aliphatic heterocycles. The van der Waals surface area contributed by atoms with Crippen LogP contribution in [-0.2, 0) is 6.54 Å². The van der Waals surface area contributed by atoms with Crippen LogP contribution in [0.15, 0.2) is 35.3 Å². The number of piperidine rings is 1. The SMILES string of the molecule is O=C(NCC1CCN(Cc2ccsc2)CC1)c1cncc(Cl)c1. The smallest absolute Gasteiger partial charge is 0.252 e. The monoisotopic (exact) mass is 349 g/mol. The first kappa shape index (κ1) is 16.4. The molecule has 3 heterocycles. The molecule has 0 atom stereocenters. The Bertz CT molecular complexity index is 639. The van der Waals surface area contributed by atoms with Gasteiger partial charge in [0.15, 0.2) is 0 Å². The number of pyridine rings is 1. The van der Waals surface area contributed by atoms with Crippen LogP contribution in [0.25, 0.3) is 0 Å². The lowest BCUT2D eigenvalue weighted by molar-refractivity contribution is 0.0935. The zero-order chi connectivity index (χ0) is 16.1. The van der Waals surface area contributed by atoms with Gasteiger partial charge in [0.25, 0.3) is 5.91 Å². The second kappa shape index (κ2) is 7.90. The summed E-state index contributed by atoms with van der Waals surface area (Å²) >= 11 is 7.62. The Balaban J connectivity index is 1.41. The van der Waals surface area contributed by atoms with Crippen molar-refractivity contribution in [1.29, 1.82) is 0 Å². The van der Waals surface area contributed by atoms with Gasteiger partial charge in [0.1, 0.15) is 0 Å². The molecular weight excluding hydrogens is 330 g/mol. The molecule has 122 valence electrons. The Kier molecular flexibility index (Phi) is 5.65. The van der Waals surface area contributed by atoms with Crippen LogP contribution in [0.3, 0.4) is 0 Å². The van der Waals surface area contributed by atoms with Gasteiger partial charge in [-0.25, -0.2) is 0 Å². The van der Waals surface area contributed by atoms with E-state index in [-0.39, 0.29) is 5.91 Å². The largest absolute Gasteiger partial charge is 0.352 e. The maximum atomic E-state index is 12.1. The maximum Gasteiger partial charge on any atom is 0.252 e. The summed E-state index contributed by atoms with van der Waals surface area (Å²) in [7, 11) is 0. The molecule has 2 aromatic rings. The molecule has 0 spiro atoms. The van der Waals surface area contributed by atoms with E-state index in [1.54, 1.807) is 23.6 Å². The van der Waals surface area contributed by atoms with Crippen molar-refractivity contribution < 1.29 is 4.79 Å². The summed E-state index contributed by atoms with van der Waals surface area (Å²) in [4.78, 5) is 18.5. The third kappa shape index (κ3) is 4.77. The van der Waals surface area contributed by atoms with Crippen LogP contribution in [0, 0.1) is 5.92 Å². The van der Waals surface area contributed by atoms with E-state index in [1.807, 2.05) is 0 Å². The molecule has 4 nitrogen and oxygen atoms in total. The third-order valence-electron chi connectivity index (χ3n) is 4.21. The predicted octanol–water partition coefficient (Wildman–Crippen LogP) is 3.44. The predicted molar refractivity (Wildman–Crippen MR) is 93.9 cm³/mol. The fourth-order valence-corrected chi connectivity index (χ4v) is 3.70. The van der Waals surface area contributed by atoms with E-state index in [1.165, 1.54) is 11.8 Å². The Morgan fingerprint density at radius 3 is 2.91 bits per heavy atom. The van der Waals surface area contributed by atoms with E-state index in [0.717, 1.165) is 39.0 Å². The van der Waals surface area contributed by atoms with Crippen molar-refractivity contribution in [3.63, 3.8) is 0 Å². The molecule has 1 aliphatic rings. The summed E-state index contributed by atoms with van der Waals surface area (Å²) in [5, 5.41) is 7.83. The zero-order valence-electron chi connectivity index (χ0n) is 12.9. The standard InChI is InChI=1S/C17H20ClN3OS/c18-16-7-15(9-19-10-16)17(22)20-8-13-1-4-21(5-2-13)11-14-3-6-23-12-14/h3,6-7,9-10,12-13H,1-2,4-5,8,11H2,(H,20,22). The van der Waals surface area contributed by atoms with Crippen LogP contribution in [0.5, 0.6) is 0 Å². The molecule has 1 saturated heterocycles. The first-order valence-corrected chi connectivity index (χ1v) is 9.15. The van der Waals surface area contributed by atoms with Gasteiger partial charge in [-0.2, -0.15) is 11.3 Å². The van der Waals surface area contributed by atoms with Crippen LogP contribution in [0.4, 0.5) is 0 Å². The molecule has 23 heavy (non-hydrogen) atoms. The quantitative estimate of drug-likeness (QED) is 0.899. The van der Waals surface area contributed by atoms with E-state index < -0.39 is 0 Å². The Hall–Kier alpha value is -1.43. The van der Waals surface area contributed by atoms with Crippen LogP contribution in [0.2, 0.25) is 5.02 Å². The summed E-state index contributed by atoms with van der Waals surface area (Å²) in [6, 6.07) is 3.84. The number of carbonyl (C=O) groups is 1. The number of carbonyl (C=O) groups excluding carboxylic acids is 1. The zero-order valence-corrected chi connectivity index (χ0v) is 14.4. The van der Waals surface area contributed by atoms with Gasteiger partial charge in [-0.05, 0) is 60.3 Å². The second-order valence-electron chi connectivity index (χ2n) is 5.95. The average Bonchev–Trinajstić information content (AvgIpc) is 3.07. The molecule has 0 aliphatic carbocycles. The van der Waals surface area contributed by atoms with Gasteiger partial charge in [-0.15, -0.1) is 0 Å². The normalized spacial score (nSPS) is 16.4. The average molecular weight is 350 g/mol. The van der Waals surface area contributed by atoms with Crippen LogP contribution in [-0.4, -0.2) is 35.4 Å².